The second kappa shape index (κ2) is 8.46. The second-order valence-corrected chi connectivity index (χ2v) is 9.31. The van der Waals surface area contributed by atoms with Gasteiger partial charge in [-0.1, -0.05) is 40.3 Å². The first kappa shape index (κ1) is 19.8. The maximum absolute atomic E-state index is 6.13. The number of hydrogen-bond acceptors (Lipinski definition) is 4. The SMILES string of the molecule is CN(C(=S)c1ccc(Br)cc1)C1CCCC2(CC1N1CCCC1)OCCO2. The zero-order valence-corrected chi connectivity index (χ0v) is 18.4. The molecule has 0 amide bonds. The van der Waals surface area contributed by atoms with E-state index in [2.05, 4.69) is 57.0 Å². The van der Waals surface area contributed by atoms with Gasteiger partial charge in [0.2, 0.25) is 0 Å². The first-order chi connectivity index (χ1) is 13.1. The Labute approximate surface area is 176 Å². The molecule has 27 heavy (non-hydrogen) atoms. The van der Waals surface area contributed by atoms with Gasteiger partial charge in [-0.15, -0.1) is 0 Å². The van der Waals surface area contributed by atoms with Gasteiger partial charge >= 0.3 is 0 Å². The molecule has 2 aliphatic heterocycles. The first-order valence-corrected chi connectivity index (χ1v) is 11.3. The zero-order valence-electron chi connectivity index (χ0n) is 16.0. The van der Waals surface area contributed by atoms with Crippen LogP contribution in [0.2, 0.25) is 0 Å². The monoisotopic (exact) mass is 452 g/mol. The predicted molar refractivity (Wildman–Crippen MR) is 115 cm³/mol. The number of ether oxygens (including phenoxy) is 2. The highest BCUT2D eigenvalue weighted by atomic mass is 79.9. The highest BCUT2D eigenvalue weighted by molar-refractivity contribution is 9.10. The average molecular weight is 453 g/mol. The zero-order chi connectivity index (χ0) is 18.9. The molecule has 2 atom stereocenters. The molecule has 6 heteroatoms. The molecular weight excluding hydrogens is 424 g/mol. The number of halogens is 1. The summed E-state index contributed by atoms with van der Waals surface area (Å²) in [7, 11) is 2.17. The fraction of sp³-hybridized carbons (Fsp3) is 0.667. The number of rotatable bonds is 3. The summed E-state index contributed by atoms with van der Waals surface area (Å²) in [6.45, 7) is 3.81. The topological polar surface area (TPSA) is 24.9 Å². The number of nitrogens with zero attached hydrogens (tertiary/aromatic N) is 2. The van der Waals surface area contributed by atoms with Crippen LogP contribution in [0, 0.1) is 0 Å². The molecule has 148 valence electrons. The number of likely N-dealkylation sites (N-methyl/N-ethyl adjacent to an activating group) is 1. The molecule has 3 fully saturated rings. The van der Waals surface area contributed by atoms with Crippen LogP contribution in [0.1, 0.15) is 44.1 Å². The van der Waals surface area contributed by atoms with Crippen molar-refractivity contribution >= 4 is 33.1 Å². The standard InChI is InChI=1S/C21H29BrN2O2S/c1-23(20(27)16-6-8-17(22)9-7-16)18-5-4-10-21(25-13-14-26-21)15-19(18)24-11-2-3-12-24/h6-9,18-19H,2-5,10-15H2,1H3. The fourth-order valence-electron chi connectivity index (χ4n) is 4.93. The Hall–Kier alpha value is -0.530. The smallest absolute Gasteiger partial charge is 0.170 e. The van der Waals surface area contributed by atoms with Gasteiger partial charge in [-0.2, -0.15) is 0 Å². The van der Waals surface area contributed by atoms with Crippen LogP contribution in [0.25, 0.3) is 0 Å². The van der Waals surface area contributed by atoms with Crippen molar-refractivity contribution in [1.82, 2.24) is 9.80 Å². The molecule has 3 aliphatic rings. The molecule has 1 aromatic carbocycles. The minimum Gasteiger partial charge on any atom is -0.361 e. The second-order valence-electron chi connectivity index (χ2n) is 8.00. The third-order valence-electron chi connectivity index (χ3n) is 6.35. The largest absolute Gasteiger partial charge is 0.361 e. The minimum atomic E-state index is -0.373. The highest BCUT2D eigenvalue weighted by Crippen LogP contribution is 2.39. The third-order valence-corrected chi connectivity index (χ3v) is 7.41. The van der Waals surface area contributed by atoms with E-state index in [4.69, 9.17) is 21.7 Å². The summed E-state index contributed by atoms with van der Waals surface area (Å²) >= 11 is 9.41. The molecule has 0 bridgehead atoms. The van der Waals surface area contributed by atoms with Gasteiger partial charge in [-0.25, -0.2) is 0 Å². The van der Waals surface area contributed by atoms with Crippen LogP contribution in [0.5, 0.6) is 0 Å². The van der Waals surface area contributed by atoms with Crippen molar-refractivity contribution in [1.29, 1.82) is 0 Å². The molecule has 2 heterocycles. The summed E-state index contributed by atoms with van der Waals surface area (Å²) in [5.74, 6) is -0.373. The van der Waals surface area contributed by atoms with E-state index in [1.54, 1.807) is 0 Å². The van der Waals surface area contributed by atoms with E-state index >= 15 is 0 Å². The van der Waals surface area contributed by atoms with Gasteiger partial charge in [-0.3, -0.25) is 4.90 Å². The number of benzene rings is 1. The lowest BCUT2D eigenvalue weighted by molar-refractivity contribution is -0.173. The third kappa shape index (κ3) is 4.25. The van der Waals surface area contributed by atoms with Crippen molar-refractivity contribution < 1.29 is 9.47 Å². The molecule has 4 nitrogen and oxygen atoms in total. The van der Waals surface area contributed by atoms with Crippen molar-refractivity contribution in [3.8, 4) is 0 Å². The van der Waals surface area contributed by atoms with Gasteiger partial charge in [0.1, 0.15) is 4.99 Å². The number of hydrogen-bond donors (Lipinski definition) is 0. The van der Waals surface area contributed by atoms with Crippen LogP contribution in [-0.2, 0) is 9.47 Å². The summed E-state index contributed by atoms with van der Waals surface area (Å²) in [5, 5.41) is 0. The van der Waals surface area contributed by atoms with E-state index in [0.717, 1.165) is 53.9 Å². The molecule has 1 aromatic rings. The maximum Gasteiger partial charge on any atom is 0.170 e. The van der Waals surface area contributed by atoms with Gasteiger partial charge in [0, 0.05) is 42.0 Å². The molecule has 0 N–H and O–H groups in total. The maximum atomic E-state index is 6.13. The normalized spacial score (nSPS) is 28.4. The molecule has 1 aliphatic carbocycles. The predicted octanol–water partition coefficient (Wildman–Crippen LogP) is 4.21. The van der Waals surface area contributed by atoms with Gasteiger partial charge in [-0.05, 0) is 50.9 Å². The summed E-state index contributed by atoms with van der Waals surface area (Å²) < 4.78 is 13.3. The molecule has 0 aromatic heterocycles. The molecule has 4 rings (SSSR count). The van der Waals surface area contributed by atoms with Crippen molar-refractivity contribution in [2.24, 2.45) is 0 Å². The van der Waals surface area contributed by atoms with E-state index in [-0.39, 0.29) is 5.79 Å². The van der Waals surface area contributed by atoms with Crippen LogP contribution < -0.4 is 0 Å². The fourth-order valence-corrected chi connectivity index (χ4v) is 5.47. The van der Waals surface area contributed by atoms with Crippen LogP contribution in [0.15, 0.2) is 28.7 Å². The first-order valence-electron chi connectivity index (χ1n) is 10.1. The molecule has 2 unspecified atom stereocenters. The van der Waals surface area contributed by atoms with E-state index in [1.807, 2.05) is 0 Å². The molecule has 1 spiro atoms. The van der Waals surface area contributed by atoms with Gasteiger partial charge < -0.3 is 14.4 Å². The summed E-state index contributed by atoms with van der Waals surface area (Å²) in [6, 6.07) is 9.16. The van der Waals surface area contributed by atoms with E-state index < -0.39 is 0 Å². The van der Waals surface area contributed by atoms with E-state index in [0.29, 0.717) is 12.1 Å². The van der Waals surface area contributed by atoms with Crippen LogP contribution >= 0.6 is 28.1 Å². The van der Waals surface area contributed by atoms with Crippen LogP contribution in [0.3, 0.4) is 0 Å². The number of thiocarbonyl (C=S) groups is 1. The summed E-state index contributed by atoms with van der Waals surface area (Å²) in [5.41, 5.74) is 1.11. The van der Waals surface area contributed by atoms with Crippen LogP contribution in [0.4, 0.5) is 0 Å². The van der Waals surface area contributed by atoms with E-state index in [1.165, 1.54) is 25.9 Å². The lowest BCUT2D eigenvalue weighted by atomic mass is 9.97. The van der Waals surface area contributed by atoms with Crippen molar-refractivity contribution in [3.63, 3.8) is 0 Å². The molecule has 2 saturated heterocycles. The minimum absolute atomic E-state index is 0.373. The Morgan fingerprint density at radius 2 is 1.81 bits per heavy atom. The average Bonchev–Trinajstić information content (AvgIpc) is 3.32. The quantitative estimate of drug-likeness (QED) is 0.639. The lowest BCUT2D eigenvalue weighted by Crippen LogP contribution is -2.53. The molecule has 1 saturated carbocycles. The molecule has 0 radical (unpaired) electrons. The lowest BCUT2D eigenvalue weighted by Gasteiger charge is -2.41. The van der Waals surface area contributed by atoms with E-state index in [9.17, 15) is 0 Å². The Morgan fingerprint density at radius 1 is 1.15 bits per heavy atom. The van der Waals surface area contributed by atoms with Gasteiger partial charge in [0.15, 0.2) is 5.79 Å². The Balaban J connectivity index is 1.57. The summed E-state index contributed by atoms with van der Waals surface area (Å²) in [4.78, 5) is 5.93. The van der Waals surface area contributed by atoms with Gasteiger partial charge in [0.05, 0.1) is 13.2 Å². The summed E-state index contributed by atoms with van der Waals surface area (Å²) in [6.07, 6.45) is 6.76. The van der Waals surface area contributed by atoms with Crippen molar-refractivity contribution in [3.05, 3.63) is 34.3 Å². The Kier molecular flexibility index (Phi) is 6.19. The van der Waals surface area contributed by atoms with Crippen molar-refractivity contribution in [2.45, 2.75) is 56.4 Å². The van der Waals surface area contributed by atoms with Crippen LogP contribution in [-0.4, -0.2) is 66.0 Å². The Bertz CT molecular complexity index is 657. The van der Waals surface area contributed by atoms with Crippen molar-refractivity contribution in [2.75, 3.05) is 33.4 Å². The highest BCUT2D eigenvalue weighted by Gasteiger charge is 2.46. The van der Waals surface area contributed by atoms with Gasteiger partial charge in [0.25, 0.3) is 0 Å². The Morgan fingerprint density at radius 3 is 2.48 bits per heavy atom. The number of likely N-dealkylation sites (tertiary alicyclic amines) is 1. The molecular formula is C21H29BrN2O2S.